The van der Waals surface area contributed by atoms with Gasteiger partial charge in [-0.1, -0.05) is 0 Å². The van der Waals surface area contributed by atoms with Gasteiger partial charge in [-0.3, -0.25) is 0 Å². The maximum atomic E-state index is 12.5. The van der Waals surface area contributed by atoms with Gasteiger partial charge in [0.05, 0.1) is 6.54 Å². The molecule has 0 unspecified atom stereocenters. The van der Waals surface area contributed by atoms with Crippen LogP contribution in [0.4, 0.5) is 17.6 Å². The highest BCUT2D eigenvalue weighted by atomic mass is 19.3. The van der Waals surface area contributed by atoms with Crippen molar-refractivity contribution in [1.82, 2.24) is 5.32 Å². The third kappa shape index (κ3) is 6.24. The Morgan fingerprint density at radius 1 is 1.12 bits per heavy atom. The number of nitrogens with one attached hydrogen (secondary N) is 1. The van der Waals surface area contributed by atoms with Crippen LogP contribution in [0.1, 0.15) is 13.8 Å². The second-order valence-electron chi connectivity index (χ2n) is 3.03. The number of hydrogen-bond donors (Lipinski definition) is 1. The number of rotatable bonds is 9. The molecule has 0 aliphatic carbocycles. The van der Waals surface area contributed by atoms with Crippen molar-refractivity contribution in [3.8, 4) is 0 Å². The smallest absolute Gasteiger partial charge is 0.319 e. The Hall–Kier alpha value is -0.400. The average molecular weight is 247 g/mol. The summed E-state index contributed by atoms with van der Waals surface area (Å²) in [5.74, 6) is -4.02. The lowest BCUT2D eigenvalue weighted by Crippen LogP contribution is -2.42. The maximum absolute atomic E-state index is 12.5. The number of halogens is 4. The Bertz CT molecular complexity index is 175. The highest BCUT2D eigenvalue weighted by molar-refractivity contribution is 4.72. The molecule has 0 bridgehead atoms. The van der Waals surface area contributed by atoms with E-state index in [-0.39, 0.29) is 6.54 Å². The minimum Gasteiger partial charge on any atom is -0.352 e. The quantitative estimate of drug-likeness (QED) is 0.498. The Morgan fingerprint density at radius 2 is 1.62 bits per heavy atom. The molecule has 0 aromatic carbocycles. The van der Waals surface area contributed by atoms with Gasteiger partial charge in [0.1, 0.15) is 0 Å². The summed E-state index contributed by atoms with van der Waals surface area (Å²) >= 11 is 0. The van der Waals surface area contributed by atoms with E-state index in [2.05, 4.69) is 5.32 Å². The van der Waals surface area contributed by atoms with E-state index in [1.54, 1.807) is 13.8 Å². The molecule has 0 radical (unpaired) electrons. The molecule has 0 amide bonds. The van der Waals surface area contributed by atoms with E-state index in [1.807, 2.05) is 0 Å². The summed E-state index contributed by atoms with van der Waals surface area (Å²) in [6.45, 7) is 3.01. The minimum absolute atomic E-state index is 0.0516. The highest BCUT2D eigenvalue weighted by Crippen LogP contribution is 2.21. The molecule has 0 rings (SSSR count). The Balaban J connectivity index is 3.84. The first-order valence-corrected chi connectivity index (χ1v) is 5.03. The van der Waals surface area contributed by atoms with Gasteiger partial charge >= 0.3 is 12.3 Å². The second kappa shape index (κ2) is 7.81. The number of alkyl halides is 4. The average Bonchev–Trinajstić information content (AvgIpc) is 2.17. The van der Waals surface area contributed by atoms with Crippen LogP contribution in [0.25, 0.3) is 0 Å². The van der Waals surface area contributed by atoms with Gasteiger partial charge in [0.2, 0.25) is 0 Å². The fraction of sp³-hybridized carbons (Fsp3) is 1.00. The van der Waals surface area contributed by atoms with Gasteiger partial charge in [0, 0.05) is 19.8 Å². The molecule has 0 aliphatic rings. The Kier molecular flexibility index (Phi) is 7.61. The molecule has 0 aromatic heterocycles. The van der Waals surface area contributed by atoms with E-state index in [4.69, 9.17) is 9.47 Å². The molecule has 3 nitrogen and oxygen atoms in total. The lowest BCUT2D eigenvalue weighted by molar-refractivity contribution is -0.145. The first-order chi connectivity index (χ1) is 7.44. The highest BCUT2D eigenvalue weighted by Gasteiger charge is 2.40. The van der Waals surface area contributed by atoms with Gasteiger partial charge < -0.3 is 14.8 Å². The van der Waals surface area contributed by atoms with Gasteiger partial charge in [-0.15, -0.1) is 0 Å². The van der Waals surface area contributed by atoms with Crippen molar-refractivity contribution < 1.29 is 27.0 Å². The first-order valence-electron chi connectivity index (χ1n) is 5.03. The van der Waals surface area contributed by atoms with E-state index >= 15 is 0 Å². The summed E-state index contributed by atoms with van der Waals surface area (Å²) in [5.41, 5.74) is 0. The third-order valence-electron chi connectivity index (χ3n) is 1.70. The Morgan fingerprint density at radius 3 is 2.00 bits per heavy atom. The standard InChI is InChI=1S/C9H17F4NO2/c1-3-15-7(16-4-2)5-14-6-9(12,13)8(10)11/h7-8,14H,3-6H2,1-2H3. The zero-order chi connectivity index (χ0) is 12.6. The Labute approximate surface area is 92.1 Å². The fourth-order valence-corrected chi connectivity index (χ4v) is 0.972. The van der Waals surface area contributed by atoms with Crippen molar-refractivity contribution in [3.63, 3.8) is 0 Å². The molecule has 0 saturated heterocycles. The summed E-state index contributed by atoms with van der Waals surface area (Å²) in [6, 6.07) is 0. The van der Waals surface area contributed by atoms with Crippen LogP contribution in [0.5, 0.6) is 0 Å². The third-order valence-corrected chi connectivity index (χ3v) is 1.70. The van der Waals surface area contributed by atoms with Crippen LogP contribution in [0.2, 0.25) is 0 Å². The second-order valence-corrected chi connectivity index (χ2v) is 3.03. The summed E-state index contributed by atoms with van der Waals surface area (Å²) in [5, 5.41) is 2.20. The van der Waals surface area contributed by atoms with Crippen LogP contribution in [0.3, 0.4) is 0 Å². The zero-order valence-corrected chi connectivity index (χ0v) is 9.31. The SMILES string of the molecule is CCOC(CNCC(F)(F)C(F)F)OCC. The first kappa shape index (κ1) is 15.6. The van der Waals surface area contributed by atoms with Crippen molar-refractivity contribution in [1.29, 1.82) is 0 Å². The molecular weight excluding hydrogens is 230 g/mol. The minimum atomic E-state index is -4.02. The molecule has 0 aliphatic heterocycles. The largest absolute Gasteiger partial charge is 0.352 e. The molecule has 0 spiro atoms. The van der Waals surface area contributed by atoms with E-state index in [0.29, 0.717) is 13.2 Å². The lowest BCUT2D eigenvalue weighted by Gasteiger charge is -2.20. The number of ether oxygens (including phenoxy) is 2. The van der Waals surface area contributed by atoms with Crippen LogP contribution in [0, 0.1) is 0 Å². The summed E-state index contributed by atoms with van der Waals surface area (Å²) in [4.78, 5) is 0. The summed E-state index contributed by atoms with van der Waals surface area (Å²) in [7, 11) is 0. The molecule has 0 fully saturated rings. The topological polar surface area (TPSA) is 30.5 Å². The van der Waals surface area contributed by atoms with E-state index in [1.165, 1.54) is 0 Å². The molecule has 0 atom stereocenters. The zero-order valence-electron chi connectivity index (χ0n) is 9.31. The number of hydrogen-bond acceptors (Lipinski definition) is 3. The van der Waals surface area contributed by atoms with Crippen LogP contribution in [0.15, 0.2) is 0 Å². The van der Waals surface area contributed by atoms with Crippen LogP contribution in [-0.4, -0.2) is 44.9 Å². The van der Waals surface area contributed by atoms with Crippen LogP contribution in [-0.2, 0) is 9.47 Å². The predicted octanol–water partition coefficient (Wildman–Crippen LogP) is 1.88. The molecule has 1 N–H and O–H groups in total. The molecule has 0 aromatic rings. The predicted molar refractivity (Wildman–Crippen MR) is 50.9 cm³/mol. The van der Waals surface area contributed by atoms with E-state index < -0.39 is 25.2 Å². The van der Waals surface area contributed by atoms with Crippen molar-refractivity contribution in [2.24, 2.45) is 0 Å². The fourth-order valence-electron chi connectivity index (χ4n) is 0.972. The maximum Gasteiger partial charge on any atom is 0.319 e. The van der Waals surface area contributed by atoms with Gasteiger partial charge in [-0.2, -0.15) is 8.78 Å². The molecule has 16 heavy (non-hydrogen) atoms. The van der Waals surface area contributed by atoms with Crippen LogP contribution >= 0.6 is 0 Å². The molecular formula is C9H17F4NO2. The van der Waals surface area contributed by atoms with Gasteiger partial charge in [0.25, 0.3) is 0 Å². The molecule has 7 heteroatoms. The summed E-state index contributed by atoms with van der Waals surface area (Å²) < 4.78 is 58.6. The van der Waals surface area contributed by atoms with Gasteiger partial charge in [0.15, 0.2) is 6.29 Å². The van der Waals surface area contributed by atoms with E-state index in [9.17, 15) is 17.6 Å². The molecule has 0 heterocycles. The van der Waals surface area contributed by atoms with Crippen LogP contribution < -0.4 is 5.32 Å². The molecule has 98 valence electrons. The van der Waals surface area contributed by atoms with Crippen molar-refractivity contribution in [2.75, 3.05) is 26.3 Å². The van der Waals surface area contributed by atoms with Gasteiger partial charge in [-0.05, 0) is 13.8 Å². The lowest BCUT2D eigenvalue weighted by atomic mass is 10.3. The molecule has 0 saturated carbocycles. The summed E-state index contributed by atoms with van der Waals surface area (Å²) in [6.07, 6.45) is -4.36. The van der Waals surface area contributed by atoms with Gasteiger partial charge in [-0.25, -0.2) is 8.78 Å². The van der Waals surface area contributed by atoms with E-state index in [0.717, 1.165) is 0 Å². The monoisotopic (exact) mass is 247 g/mol. The van der Waals surface area contributed by atoms with Crippen molar-refractivity contribution in [2.45, 2.75) is 32.5 Å². The van der Waals surface area contributed by atoms with Crippen molar-refractivity contribution >= 4 is 0 Å². The normalized spacial score (nSPS) is 12.8. The van der Waals surface area contributed by atoms with Crippen molar-refractivity contribution in [3.05, 3.63) is 0 Å².